The van der Waals surface area contributed by atoms with Gasteiger partial charge in [-0.25, -0.2) is 4.79 Å². The van der Waals surface area contributed by atoms with Crippen LogP contribution in [0.15, 0.2) is 78.0 Å². The highest BCUT2D eigenvalue weighted by atomic mass is 19.4. The van der Waals surface area contributed by atoms with E-state index >= 15 is 0 Å². The maximum atomic E-state index is 13.8. The van der Waals surface area contributed by atoms with Crippen LogP contribution in [-0.2, 0) is 11.0 Å². The fourth-order valence-corrected chi connectivity index (χ4v) is 3.51. The van der Waals surface area contributed by atoms with Gasteiger partial charge in [0.25, 0.3) is 0 Å². The van der Waals surface area contributed by atoms with Gasteiger partial charge in [-0.05, 0) is 55.5 Å². The van der Waals surface area contributed by atoms with Crippen LogP contribution in [0, 0.1) is 4.91 Å². The number of para-hydroxylation sites is 1. The molecule has 0 radical (unpaired) electrons. The number of alkyl halides is 3. The van der Waals surface area contributed by atoms with E-state index in [9.17, 15) is 32.5 Å². The van der Waals surface area contributed by atoms with E-state index in [4.69, 9.17) is 0 Å². The molecular weight excluding hydrogens is 477 g/mol. The Bertz CT molecular complexity index is 1280. The third kappa shape index (κ3) is 5.40. The van der Waals surface area contributed by atoms with Gasteiger partial charge in [-0.2, -0.15) is 13.2 Å². The van der Waals surface area contributed by atoms with Gasteiger partial charge < -0.3 is 4.90 Å². The Morgan fingerprint density at radius 3 is 2.17 bits per heavy atom. The molecule has 0 fully saturated rings. The van der Waals surface area contributed by atoms with E-state index in [0.29, 0.717) is 6.41 Å². The van der Waals surface area contributed by atoms with Crippen LogP contribution < -0.4 is 14.7 Å². The lowest BCUT2D eigenvalue weighted by Gasteiger charge is -2.32. The van der Waals surface area contributed by atoms with E-state index < -0.39 is 23.7 Å². The molecule has 0 saturated heterocycles. The zero-order valence-corrected chi connectivity index (χ0v) is 19.3. The van der Waals surface area contributed by atoms with Crippen molar-refractivity contribution in [2.24, 2.45) is 5.18 Å². The Labute approximate surface area is 204 Å². The number of hydrogen-bond acceptors (Lipinski definition) is 4. The average molecular weight is 498 g/mol. The van der Waals surface area contributed by atoms with Crippen molar-refractivity contribution in [2.45, 2.75) is 13.1 Å². The number of carbonyl (C=O) groups is 3. The molecule has 0 aromatic heterocycles. The van der Waals surface area contributed by atoms with Crippen molar-refractivity contribution < 1.29 is 27.6 Å². The highest BCUT2D eigenvalue weighted by molar-refractivity contribution is 6.11. The van der Waals surface area contributed by atoms with Crippen molar-refractivity contribution in [2.75, 3.05) is 28.3 Å². The summed E-state index contributed by atoms with van der Waals surface area (Å²) in [6.45, 7) is 1.78. The molecule has 3 aromatic rings. The third-order valence-electron chi connectivity index (χ3n) is 5.38. The lowest BCUT2D eigenvalue weighted by molar-refractivity contribution is -0.137. The predicted molar refractivity (Wildman–Crippen MR) is 129 cm³/mol. The van der Waals surface area contributed by atoms with Crippen LogP contribution in [0.3, 0.4) is 0 Å². The number of carbonyl (C=O) groups excluding carboxylic acids is 3. The Morgan fingerprint density at radius 1 is 0.917 bits per heavy atom. The van der Waals surface area contributed by atoms with Gasteiger partial charge in [0.05, 0.1) is 22.6 Å². The zero-order chi connectivity index (χ0) is 26.5. The number of rotatable bonds is 7. The fourth-order valence-electron chi connectivity index (χ4n) is 3.51. The highest BCUT2D eigenvalue weighted by Crippen LogP contribution is 2.40. The summed E-state index contributed by atoms with van der Waals surface area (Å²) in [4.78, 5) is 51.2. The van der Waals surface area contributed by atoms with Crippen LogP contribution in [0.25, 0.3) is 0 Å². The Balaban J connectivity index is 2.23. The van der Waals surface area contributed by atoms with E-state index in [1.807, 2.05) is 0 Å². The second-order valence-corrected chi connectivity index (χ2v) is 7.55. The first kappa shape index (κ1) is 26.1. The Morgan fingerprint density at radius 2 is 1.58 bits per heavy atom. The fraction of sp³-hybridized carbons (Fsp3) is 0.160. The molecule has 3 aromatic carbocycles. The zero-order valence-electron chi connectivity index (χ0n) is 19.3. The Kier molecular flexibility index (Phi) is 7.83. The standard InChI is InChI=1S/C25H21F3N4O4/c1-3-31(16-33)21-13-12-18(25(26,27)28)15-22(21)32(19-9-5-4-6-10-19)24(35)30(2)20-11-7-8-17(14-20)23(34)29-36/h4-16H,3H2,1-2H3. The number of anilines is 4. The molecule has 36 heavy (non-hydrogen) atoms. The first-order valence-corrected chi connectivity index (χ1v) is 10.7. The molecule has 0 spiro atoms. The molecule has 0 unspecified atom stereocenters. The van der Waals surface area contributed by atoms with Crippen molar-refractivity contribution in [1.82, 2.24) is 0 Å². The number of urea groups is 1. The van der Waals surface area contributed by atoms with Gasteiger partial charge in [-0.15, -0.1) is 4.91 Å². The molecule has 0 bridgehead atoms. The maximum Gasteiger partial charge on any atom is 0.416 e. The summed E-state index contributed by atoms with van der Waals surface area (Å²) in [5.41, 5.74) is -0.746. The smallest absolute Gasteiger partial charge is 0.313 e. The minimum atomic E-state index is -4.71. The third-order valence-corrected chi connectivity index (χ3v) is 5.38. The molecule has 0 atom stereocenters. The van der Waals surface area contributed by atoms with Gasteiger partial charge >= 0.3 is 18.1 Å². The molecule has 8 nitrogen and oxygen atoms in total. The maximum absolute atomic E-state index is 13.8. The summed E-state index contributed by atoms with van der Waals surface area (Å²) in [6.07, 6.45) is -4.25. The van der Waals surface area contributed by atoms with Crippen LogP contribution >= 0.6 is 0 Å². The van der Waals surface area contributed by atoms with E-state index in [0.717, 1.165) is 28.0 Å². The molecule has 0 aliphatic carbocycles. The largest absolute Gasteiger partial charge is 0.416 e. The molecule has 0 aliphatic rings. The van der Waals surface area contributed by atoms with Crippen molar-refractivity contribution in [3.8, 4) is 0 Å². The quantitative estimate of drug-likeness (QED) is 0.296. The van der Waals surface area contributed by atoms with Crippen molar-refractivity contribution in [1.29, 1.82) is 0 Å². The molecule has 0 saturated carbocycles. The van der Waals surface area contributed by atoms with E-state index in [1.54, 1.807) is 25.1 Å². The number of benzene rings is 3. The normalized spacial score (nSPS) is 10.9. The second kappa shape index (κ2) is 10.8. The molecule has 186 valence electrons. The lowest BCUT2D eigenvalue weighted by Crippen LogP contribution is -2.39. The molecule has 0 heterocycles. The molecule has 4 amide bonds. The SMILES string of the molecule is CCN(C=O)c1ccc(C(F)(F)F)cc1N(C(=O)N(C)c1cccc(C(=O)N=O)c1)c1ccccc1. The number of hydrogen-bond donors (Lipinski definition) is 0. The number of halogens is 3. The molecule has 11 heteroatoms. The van der Waals surface area contributed by atoms with E-state index in [1.165, 1.54) is 48.3 Å². The van der Waals surface area contributed by atoms with Gasteiger partial charge in [-0.1, -0.05) is 24.3 Å². The predicted octanol–water partition coefficient (Wildman–Crippen LogP) is 5.99. The van der Waals surface area contributed by atoms with Gasteiger partial charge in [0.2, 0.25) is 6.41 Å². The van der Waals surface area contributed by atoms with E-state index in [2.05, 4.69) is 5.18 Å². The van der Waals surface area contributed by atoms with Crippen molar-refractivity contribution in [3.63, 3.8) is 0 Å². The lowest BCUT2D eigenvalue weighted by atomic mass is 10.1. The molecular formula is C25H21F3N4O4. The van der Waals surface area contributed by atoms with E-state index in [-0.39, 0.29) is 34.9 Å². The minimum absolute atomic E-state index is 0.0636. The van der Waals surface area contributed by atoms with Crippen LogP contribution in [0.4, 0.5) is 40.7 Å². The van der Waals surface area contributed by atoms with Gasteiger partial charge in [0.1, 0.15) is 0 Å². The molecule has 0 aliphatic heterocycles. The summed E-state index contributed by atoms with van der Waals surface area (Å²) in [6, 6.07) is 15.5. The van der Waals surface area contributed by atoms with Crippen LogP contribution in [0.2, 0.25) is 0 Å². The summed E-state index contributed by atoms with van der Waals surface area (Å²) in [5, 5.41) is 2.37. The van der Waals surface area contributed by atoms with Crippen LogP contribution in [0.5, 0.6) is 0 Å². The summed E-state index contributed by atoms with van der Waals surface area (Å²) < 4.78 is 40.9. The first-order chi connectivity index (χ1) is 17.1. The number of nitroso groups, excluding NO2 is 1. The first-order valence-electron chi connectivity index (χ1n) is 10.7. The van der Waals surface area contributed by atoms with Gasteiger partial charge in [0.15, 0.2) is 0 Å². The molecule has 0 N–H and O–H groups in total. The van der Waals surface area contributed by atoms with Gasteiger partial charge in [0, 0.05) is 30.0 Å². The van der Waals surface area contributed by atoms with Crippen molar-refractivity contribution in [3.05, 3.63) is 88.8 Å². The van der Waals surface area contributed by atoms with Crippen LogP contribution in [0.1, 0.15) is 22.8 Å². The van der Waals surface area contributed by atoms with Gasteiger partial charge in [-0.3, -0.25) is 19.4 Å². The van der Waals surface area contributed by atoms with Crippen molar-refractivity contribution >= 4 is 41.1 Å². The summed E-state index contributed by atoms with van der Waals surface area (Å²) in [7, 11) is 1.36. The second-order valence-electron chi connectivity index (χ2n) is 7.55. The Hall–Kier alpha value is -4.54. The summed E-state index contributed by atoms with van der Waals surface area (Å²) >= 11 is 0. The van der Waals surface area contributed by atoms with Crippen LogP contribution in [-0.4, -0.2) is 31.9 Å². The highest BCUT2D eigenvalue weighted by Gasteiger charge is 2.34. The topological polar surface area (TPSA) is 90.4 Å². The summed E-state index contributed by atoms with van der Waals surface area (Å²) in [5.74, 6) is -1.04. The molecule has 3 rings (SSSR count). The average Bonchev–Trinajstić information content (AvgIpc) is 2.89. The number of amides is 4. The number of nitrogens with zero attached hydrogens (tertiary/aromatic N) is 4. The minimum Gasteiger partial charge on any atom is -0.313 e. The monoisotopic (exact) mass is 498 g/mol.